The fourth-order valence-corrected chi connectivity index (χ4v) is 3.54. The summed E-state index contributed by atoms with van der Waals surface area (Å²) >= 11 is 1.89. The van der Waals surface area contributed by atoms with Crippen molar-refractivity contribution in [3.05, 3.63) is 10.6 Å². The molecule has 0 spiro atoms. The summed E-state index contributed by atoms with van der Waals surface area (Å²) in [7, 11) is 0. The minimum absolute atomic E-state index is 0.503. The van der Waals surface area contributed by atoms with Crippen LogP contribution in [0.25, 0.3) is 0 Å². The first kappa shape index (κ1) is 18.4. The second kappa shape index (κ2) is 10.2. The van der Waals surface area contributed by atoms with Gasteiger partial charge in [-0.25, -0.2) is 4.98 Å². The third kappa shape index (κ3) is 5.95. The summed E-state index contributed by atoms with van der Waals surface area (Å²) < 4.78 is 0. The zero-order valence-electron chi connectivity index (χ0n) is 14.5. The Labute approximate surface area is 135 Å². The van der Waals surface area contributed by atoms with Gasteiger partial charge in [-0.2, -0.15) is 0 Å². The molecule has 1 heterocycles. The molecule has 0 saturated heterocycles. The van der Waals surface area contributed by atoms with E-state index in [4.69, 9.17) is 4.98 Å². The maximum absolute atomic E-state index is 4.97. The van der Waals surface area contributed by atoms with Crippen molar-refractivity contribution in [2.24, 2.45) is 0 Å². The Hall–Kier alpha value is -0.610. The number of nitrogens with zero attached hydrogens (tertiary/aromatic N) is 2. The van der Waals surface area contributed by atoms with Crippen LogP contribution in [-0.4, -0.2) is 24.6 Å². The molecule has 122 valence electrons. The zero-order chi connectivity index (χ0) is 15.7. The first-order chi connectivity index (χ1) is 10.1. The van der Waals surface area contributed by atoms with E-state index in [-0.39, 0.29) is 0 Å². The third-order valence-electron chi connectivity index (χ3n) is 3.63. The molecule has 0 fully saturated rings. The minimum Gasteiger partial charge on any atom is -0.348 e. The number of hydrogen-bond acceptors (Lipinski definition) is 4. The number of anilines is 1. The van der Waals surface area contributed by atoms with Gasteiger partial charge in [-0.15, -0.1) is 11.3 Å². The van der Waals surface area contributed by atoms with Gasteiger partial charge in [0.25, 0.3) is 0 Å². The summed E-state index contributed by atoms with van der Waals surface area (Å²) in [6, 6.07) is 0. The summed E-state index contributed by atoms with van der Waals surface area (Å²) in [6.07, 6.45) is 5.00. The van der Waals surface area contributed by atoms with Gasteiger partial charge in [0.1, 0.15) is 0 Å². The SMILES string of the molecule is CCCCN(CCCC)c1nc(C(C)C)c(CNCC)s1. The molecule has 1 aromatic rings. The summed E-state index contributed by atoms with van der Waals surface area (Å²) in [5.74, 6) is 0.503. The average molecular weight is 312 g/mol. The van der Waals surface area contributed by atoms with E-state index in [2.05, 4.69) is 44.8 Å². The maximum atomic E-state index is 4.97. The Bertz CT molecular complexity index is 379. The van der Waals surface area contributed by atoms with Gasteiger partial charge in [0, 0.05) is 24.5 Å². The first-order valence-electron chi connectivity index (χ1n) is 8.59. The lowest BCUT2D eigenvalue weighted by Gasteiger charge is -2.21. The highest BCUT2D eigenvalue weighted by atomic mass is 32.1. The van der Waals surface area contributed by atoms with Gasteiger partial charge in [-0.05, 0) is 25.3 Å². The van der Waals surface area contributed by atoms with Gasteiger partial charge in [0.05, 0.1) is 5.69 Å². The summed E-state index contributed by atoms with van der Waals surface area (Å²) in [6.45, 7) is 15.4. The fourth-order valence-electron chi connectivity index (χ4n) is 2.30. The zero-order valence-corrected chi connectivity index (χ0v) is 15.4. The summed E-state index contributed by atoms with van der Waals surface area (Å²) in [5, 5.41) is 4.68. The van der Waals surface area contributed by atoms with Gasteiger partial charge in [0.15, 0.2) is 5.13 Å². The fraction of sp³-hybridized carbons (Fsp3) is 0.824. The molecule has 1 N–H and O–H groups in total. The topological polar surface area (TPSA) is 28.2 Å². The van der Waals surface area contributed by atoms with Crippen molar-refractivity contribution in [1.29, 1.82) is 0 Å². The molecule has 0 radical (unpaired) electrons. The molecule has 0 aliphatic rings. The van der Waals surface area contributed by atoms with Crippen molar-refractivity contribution in [3.63, 3.8) is 0 Å². The smallest absolute Gasteiger partial charge is 0.185 e. The molecule has 21 heavy (non-hydrogen) atoms. The number of hydrogen-bond donors (Lipinski definition) is 1. The molecule has 3 nitrogen and oxygen atoms in total. The van der Waals surface area contributed by atoms with Gasteiger partial charge in [0.2, 0.25) is 0 Å². The second-order valence-corrected chi connectivity index (χ2v) is 7.00. The van der Waals surface area contributed by atoms with E-state index < -0.39 is 0 Å². The number of aromatic nitrogens is 1. The normalized spacial score (nSPS) is 11.3. The largest absolute Gasteiger partial charge is 0.348 e. The molecule has 0 unspecified atom stereocenters. The lowest BCUT2D eigenvalue weighted by molar-refractivity contribution is 0.673. The van der Waals surface area contributed by atoms with Crippen LogP contribution in [0.3, 0.4) is 0 Å². The first-order valence-corrected chi connectivity index (χ1v) is 9.40. The van der Waals surface area contributed by atoms with Crippen LogP contribution in [0.5, 0.6) is 0 Å². The van der Waals surface area contributed by atoms with Crippen LogP contribution in [0.2, 0.25) is 0 Å². The molecule has 0 bridgehead atoms. The van der Waals surface area contributed by atoms with Crippen LogP contribution in [0, 0.1) is 0 Å². The standard InChI is InChI=1S/C17H33N3S/c1-6-9-11-20(12-10-7-2)17-19-16(14(4)5)15(21-17)13-18-8-3/h14,18H,6-13H2,1-5H3. The van der Waals surface area contributed by atoms with Gasteiger partial charge < -0.3 is 10.2 Å². The number of unbranched alkanes of at least 4 members (excludes halogenated alkanes) is 2. The molecule has 0 amide bonds. The van der Waals surface area contributed by atoms with Crippen molar-refractivity contribution >= 4 is 16.5 Å². The van der Waals surface area contributed by atoms with E-state index >= 15 is 0 Å². The molecular formula is C17H33N3S. The highest BCUT2D eigenvalue weighted by molar-refractivity contribution is 7.15. The highest BCUT2D eigenvalue weighted by Crippen LogP contribution is 2.31. The molecule has 0 atom stereocenters. The van der Waals surface area contributed by atoms with Crippen molar-refractivity contribution < 1.29 is 0 Å². The number of nitrogens with one attached hydrogen (secondary N) is 1. The quantitative estimate of drug-likeness (QED) is 0.637. The predicted molar refractivity (Wildman–Crippen MR) is 95.6 cm³/mol. The van der Waals surface area contributed by atoms with Crippen molar-refractivity contribution in [1.82, 2.24) is 10.3 Å². The van der Waals surface area contributed by atoms with Gasteiger partial charge in [-0.1, -0.05) is 47.5 Å². The third-order valence-corrected chi connectivity index (χ3v) is 4.76. The number of thiazole rings is 1. The molecule has 4 heteroatoms. The van der Waals surface area contributed by atoms with Crippen LogP contribution < -0.4 is 10.2 Å². The molecule has 1 rings (SSSR count). The van der Waals surface area contributed by atoms with Crippen molar-refractivity contribution in [2.75, 3.05) is 24.5 Å². The lowest BCUT2D eigenvalue weighted by Crippen LogP contribution is -2.25. The average Bonchev–Trinajstić information content (AvgIpc) is 2.89. The van der Waals surface area contributed by atoms with E-state index in [1.54, 1.807) is 0 Å². The van der Waals surface area contributed by atoms with Crippen LogP contribution >= 0.6 is 11.3 Å². The molecule has 0 saturated carbocycles. The Morgan fingerprint density at radius 3 is 2.19 bits per heavy atom. The van der Waals surface area contributed by atoms with Gasteiger partial charge >= 0.3 is 0 Å². The van der Waals surface area contributed by atoms with Crippen LogP contribution in [0.4, 0.5) is 5.13 Å². The molecule has 0 aliphatic heterocycles. The monoisotopic (exact) mass is 311 g/mol. The Kier molecular flexibility index (Phi) is 8.93. The highest BCUT2D eigenvalue weighted by Gasteiger charge is 2.17. The van der Waals surface area contributed by atoms with Crippen LogP contribution in [-0.2, 0) is 6.54 Å². The maximum Gasteiger partial charge on any atom is 0.185 e. The van der Waals surface area contributed by atoms with E-state index in [1.165, 1.54) is 41.4 Å². The van der Waals surface area contributed by atoms with Crippen molar-refractivity contribution in [3.8, 4) is 0 Å². The lowest BCUT2D eigenvalue weighted by atomic mass is 10.1. The molecule has 0 aliphatic carbocycles. The van der Waals surface area contributed by atoms with E-state index in [1.807, 2.05) is 11.3 Å². The Morgan fingerprint density at radius 1 is 1.10 bits per heavy atom. The Balaban J connectivity index is 2.89. The van der Waals surface area contributed by atoms with E-state index in [0.29, 0.717) is 5.92 Å². The van der Waals surface area contributed by atoms with Gasteiger partial charge in [-0.3, -0.25) is 0 Å². The molecule has 1 aromatic heterocycles. The second-order valence-electron chi connectivity index (χ2n) is 5.93. The predicted octanol–water partition coefficient (Wildman–Crippen LogP) is 4.78. The number of rotatable bonds is 11. The van der Waals surface area contributed by atoms with E-state index in [0.717, 1.165) is 26.2 Å². The van der Waals surface area contributed by atoms with Crippen LogP contribution in [0.15, 0.2) is 0 Å². The summed E-state index contributed by atoms with van der Waals surface area (Å²) in [5.41, 5.74) is 1.29. The van der Waals surface area contributed by atoms with Crippen LogP contribution in [0.1, 0.15) is 76.8 Å². The summed E-state index contributed by atoms with van der Waals surface area (Å²) in [4.78, 5) is 8.89. The van der Waals surface area contributed by atoms with E-state index in [9.17, 15) is 0 Å². The molecule has 0 aromatic carbocycles. The van der Waals surface area contributed by atoms with Crippen molar-refractivity contribution in [2.45, 2.75) is 72.8 Å². The molecular weight excluding hydrogens is 278 g/mol. The Morgan fingerprint density at radius 2 is 1.71 bits per heavy atom. The minimum atomic E-state index is 0.503.